The zero-order chi connectivity index (χ0) is 28.8. The SMILES string of the molecule is COC(=O)[C@H](CO)n1cc(-c2cc(C(=O)N3CCNCC3)cc(-c3cn([C@@H](CCC(=O)O)C(=O)O)nn3)c2)nn1. The van der Waals surface area contributed by atoms with Gasteiger partial charge < -0.3 is 30.3 Å². The number of methoxy groups -OCH3 is 1. The Morgan fingerprint density at radius 1 is 0.950 bits per heavy atom. The number of ether oxygens (including phenoxy) is 1. The summed E-state index contributed by atoms with van der Waals surface area (Å²) in [7, 11) is 1.18. The van der Waals surface area contributed by atoms with Crippen molar-refractivity contribution < 1.29 is 39.2 Å². The summed E-state index contributed by atoms with van der Waals surface area (Å²) in [6.07, 6.45) is 2.23. The Morgan fingerprint density at radius 2 is 1.52 bits per heavy atom. The van der Waals surface area contributed by atoms with Gasteiger partial charge in [-0.2, -0.15) is 0 Å². The molecule has 1 aliphatic rings. The summed E-state index contributed by atoms with van der Waals surface area (Å²) in [4.78, 5) is 49.8. The number of nitrogens with one attached hydrogen (secondary N) is 1. The molecule has 2 aromatic heterocycles. The van der Waals surface area contributed by atoms with E-state index in [1.165, 1.54) is 19.5 Å². The second-order valence-corrected chi connectivity index (χ2v) is 9.02. The largest absolute Gasteiger partial charge is 0.481 e. The number of aliphatic hydroxyl groups is 1. The monoisotopic (exact) mass is 556 g/mol. The number of hydrogen-bond acceptors (Lipinski definition) is 11. The minimum absolute atomic E-state index is 0.199. The fourth-order valence-electron chi connectivity index (χ4n) is 4.25. The van der Waals surface area contributed by atoms with Crippen molar-refractivity contribution in [3.8, 4) is 22.5 Å². The summed E-state index contributed by atoms with van der Waals surface area (Å²) in [5, 5.41) is 47.4. The highest BCUT2D eigenvalue weighted by Gasteiger charge is 2.26. The lowest BCUT2D eigenvalue weighted by Crippen LogP contribution is -2.46. The topological polar surface area (TPSA) is 215 Å². The molecule has 0 aliphatic carbocycles. The van der Waals surface area contributed by atoms with Crippen molar-refractivity contribution in [2.45, 2.75) is 24.9 Å². The van der Waals surface area contributed by atoms with E-state index in [2.05, 4.69) is 25.9 Å². The third-order valence-corrected chi connectivity index (χ3v) is 6.40. The predicted octanol–water partition coefficient (Wildman–Crippen LogP) is -0.554. The van der Waals surface area contributed by atoms with E-state index < -0.39 is 36.6 Å². The van der Waals surface area contributed by atoms with Crippen molar-refractivity contribution in [2.75, 3.05) is 39.9 Å². The van der Waals surface area contributed by atoms with Crippen molar-refractivity contribution in [1.82, 2.24) is 40.2 Å². The molecule has 1 saturated heterocycles. The quantitative estimate of drug-likeness (QED) is 0.218. The number of esters is 1. The van der Waals surface area contributed by atoms with Crippen molar-refractivity contribution in [3.05, 3.63) is 36.2 Å². The molecule has 0 bridgehead atoms. The van der Waals surface area contributed by atoms with Gasteiger partial charge in [-0.15, -0.1) is 10.2 Å². The third kappa shape index (κ3) is 6.29. The molecule has 16 heteroatoms. The average Bonchev–Trinajstić information content (AvgIpc) is 3.64. The van der Waals surface area contributed by atoms with Crippen LogP contribution in [0.25, 0.3) is 22.5 Å². The third-order valence-electron chi connectivity index (χ3n) is 6.40. The highest BCUT2D eigenvalue weighted by atomic mass is 16.5. The molecule has 1 amide bonds. The molecule has 40 heavy (non-hydrogen) atoms. The molecule has 0 spiro atoms. The Bertz CT molecular complexity index is 1400. The number of nitrogens with zero attached hydrogens (tertiary/aromatic N) is 7. The zero-order valence-corrected chi connectivity index (χ0v) is 21.5. The molecule has 0 unspecified atom stereocenters. The summed E-state index contributed by atoms with van der Waals surface area (Å²) < 4.78 is 6.93. The minimum atomic E-state index is -1.26. The smallest absolute Gasteiger partial charge is 0.333 e. The van der Waals surface area contributed by atoms with Gasteiger partial charge >= 0.3 is 17.9 Å². The lowest BCUT2D eigenvalue weighted by Gasteiger charge is -2.27. The number of carbonyl (C=O) groups excluding carboxylic acids is 2. The van der Waals surface area contributed by atoms with Crippen molar-refractivity contribution in [1.29, 1.82) is 0 Å². The molecule has 3 heterocycles. The van der Waals surface area contributed by atoms with Crippen LogP contribution in [0.1, 0.15) is 35.3 Å². The van der Waals surface area contributed by atoms with E-state index in [-0.39, 0.29) is 30.1 Å². The number of carboxylic acid groups (broad SMARTS) is 2. The van der Waals surface area contributed by atoms with Gasteiger partial charge in [0.2, 0.25) is 0 Å². The van der Waals surface area contributed by atoms with E-state index in [4.69, 9.17) is 9.84 Å². The van der Waals surface area contributed by atoms with Gasteiger partial charge in [0.05, 0.1) is 26.1 Å². The van der Waals surface area contributed by atoms with E-state index in [0.29, 0.717) is 42.9 Å². The van der Waals surface area contributed by atoms with Gasteiger partial charge in [0.25, 0.3) is 5.91 Å². The fourth-order valence-corrected chi connectivity index (χ4v) is 4.25. The van der Waals surface area contributed by atoms with E-state index in [1.807, 2.05) is 0 Å². The second kappa shape index (κ2) is 12.4. The maximum atomic E-state index is 13.4. The molecule has 1 aliphatic heterocycles. The molecule has 0 saturated carbocycles. The van der Waals surface area contributed by atoms with Crippen molar-refractivity contribution in [3.63, 3.8) is 0 Å². The highest BCUT2D eigenvalue weighted by molar-refractivity contribution is 5.97. The Labute approximate surface area is 227 Å². The first kappa shape index (κ1) is 28.3. The number of aliphatic carboxylic acids is 2. The van der Waals surface area contributed by atoms with Crippen LogP contribution in [0, 0.1) is 0 Å². The molecular formula is C24H28N8O8. The van der Waals surface area contributed by atoms with Crippen LogP contribution in [-0.2, 0) is 19.1 Å². The first-order chi connectivity index (χ1) is 19.2. The molecule has 16 nitrogen and oxygen atoms in total. The minimum Gasteiger partial charge on any atom is -0.481 e. The molecule has 212 valence electrons. The number of carbonyl (C=O) groups is 4. The van der Waals surface area contributed by atoms with Crippen molar-refractivity contribution >= 4 is 23.8 Å². The fraction of sp³-hybridized carbons (Fsp3) is 0.417. The lowest BCUT2D eigenvalue weighted by atomic mass is 10.0. The van der Waals surface area contributed by atoms with Crippen LogP contribution in [0.4, 0.5) is 0 Å². The Balaban J connectivity index is 1.74. The highest BCUT2D eigenvalue weighted by Crippen LogP contribution is 2.28. The van der Waals surface area contributed by atoms with Gasteiger partial charge in [-0.3, -0.25) is 9.59 Å². The van der Waals surface area contributed by atoms with Gasteiger partial charge in [0, 0.05) is 49.3 Å². The predicted molar refractivity (Wildman–Crippen MR) is 135 cm³/mol. The molecule has 2 atom stereocenters. The average molecular weight is 557 g/mol. The zero-order valence-electron chi connectivity index (χ0n) is 21.5. The van der Waals surface area contributed by atoms with E-state index in [0.717, 1.165) is 9.36 Å². The summed E-state index contributed by atoms with van der Waals surface area (Å²) in [6, 6.07) is 2.50. The molecule has 1 aromatic carbocycles. The number of rotatable bonds is 11. The number of aromatic nitrogens is 6. The second-order valence-electron chi connectivity index (χ2n) is 9.02. The number of benzene rings is 1. The van der Waals surface area contributed by atoms with Gasteiger partial charge in [-0.1, -0.05) is 10.4 Å². The first-order valence-corrected chi connectivity index (χ1v) is 12.3. The first-order valence-electron chi connectivity index (χ1n) is 12.3. The summed E-state index contributed by atoms with van der Waals surface area (Å²) in [5.41, 5.74) is 1.71. The van der Waals surface area contributed by atoms with Crippen LogP contribution < -0.4 is 5.32 Å². The normalized spacial score (nSPS) is 14.9. The lowest BCUT2D eigenvalue weighted by molar-refractivity contribution is -0.146. The number of hydrogen-bond donors (Lipinski definition) is 4. The Hall–Kier alpha value is -4.70. The molecule has 4 N–H and O–H groups in total. The van der Waals surface area contributed by atoms with Crippen LogP contribution in [0.15, 0.2) is 30.6 Å². The van der Waals surface area contributed by atoms with Crippen LogP contribution in [-0.4, -0.2) is 114 Å². The van der Waals surface area contributed by atoms with Crippen LogP contribution in [0.3, 0.4) is 0 Å². The van der Waals surface area contributed by atoms with Crippen LogP contribution >= 0.6 is 0 Å². The number of amides is 1. The number of carboxylic acids is 2. The number of piperazine rings is 1. The van der Waals surface area contributed by atoms with Gasteiger partial charge in [0.1, 0.15) is 11.4 Å². The Morgan fingerprint density at radius 3 is 2.02 bits per heavy atom. The van der Waals surface area contributed by atoms with Crippen molar-refractivity contribution in [2.24, 2.45) is 0 Å². The summed E-state index contributed by atoms with van der Waals surface area (Å²) in [5.74, 6) is -3.35. The molecule has 0 radical (unpaired) electrons. The summed E-state index contributed by atoms with van der Waals surface area (Å²) >= 11 is 0. The van der Waals surface area contributed by atoms with E-state index >= 15 is 0 Å². The summed E-state index contributed by atoms with van der Waals surface area (Å²) in [6.45, 7) is 1.73. The standard InChI is InChI=1S/C24H28N8O8/c1-40-24(39)20(13-33)32-12-18(27-29-32)15-8-14(9-16(10-15)22(36)30-6-4-25-5-7-30)17-11-31(28-26-17)19(23(37)38)2-3-21(34)35/h8-12,19-20,25,33H,2-7,13H2,1H3,(H,34,35)(H,37,38)/t19-,20-/m0/s1. The molecular weight excluding hydrogens is 528 g/mol. The van der Waals surface area contributed by atoms with Crippen LogP contribution in [0.2, 0.25) is 0 Å². The maximum absolute atomic E-state index is 13.4. The maximum Gasteiger partial charge on any atom is 0.333 e. The Kier molecular flexibility index (Phi) is 8.80. The van der Waals surface area contributed by atoms with Gasteiger partial charge in [-0.05, 0) is 24.6 Å². The van der Waals surface area contributed by atoms with E-state index in [9.17, 15) is 29.4 Å². The number of aliphatic hydroxyl groups excluding tert-OH is 1. The van der Waals surface area contributed by atoms with E-state index in [1.54, 1.807) is 23.1 Å². The van der Waals surface area contributed by atoms with Gasteiger partial charge in [0.15, 0.2) is 12.1 Å². The molecule has 4 rings (SSSR count). The molecule has 1 fully saturated rings. The van der Waals surface area contributed by atoms with Gasteiger partial charge in [-0.25, -0.2) is 19.0 Å². The molecule has 3 aromatic rings. The van der Waals surface area contributed by atoms with Crippen LogP contribution in [0.5, 0.6) is 0 Å².